The molecule has 0 bridgehead atoms. The van der Waals surface area contributed by atoms with Crippen LogP contribution >= 0.6 is 98.5 Å². The summed E-state index contributed by atoms with van der Waals surface area (Å²) >= 11 is 32.2. The van der Waals surface area contributed by atoms with Gasteiger partial charge in [-0.15, -0.1) is 0 Å². The summed E-state index contributed by atoms with van der Waals surface area (Å²) in [5, 5.41) is 6.27. The minimum atomic E-state index is -0.0806. The predicted octanol–water partition coefficient (Wildman–Crippen LogP) is 12.5. The molecule has 8 aromatic rings. The number of nitrogens with zero attached hydrogens (tertiary/aromatic N) is 3. The minimum absolute atomic E-state index is 0. The second kappa shape index (κ2) is 19.7. The molecule has 15 heteroatoms. The first-order valence-corrected chi connectivity index (χ1v) is 20.9. The van der Waals surface area contributed by atoms with E-state index >= 15 is 0 Å². The van der Waals surface area contributed by atoms with Crippen LogP contribution in [-0.4, -0.2) is 30.4 Å². The van der Waals surface area contributed by atoms with Gasteiger partial charge in [0.05, 0.1) is 9.65 Å². The van der Waals surface area contributed by atoms with Crippen molar-refractivity contribution in [1.29, 1.82) is 1.34 Å². The summed E-state index contributed by atoms with van der Waals surface area (Å²) in [5.41, 5.74) is 3.69. The quantitative estimate of drug-likeness (QED) is 0.111. The van der Waals surface area contributed by atoms with Crippen molar-refractivity contribution in [3.8, 4) is 0 Å². The van der Waals surface area contributed by atoms with E-state index < -0.39 is 0 Å². The molecule has 57 heavy (non-hydrogen) atoms. The molecular formula is C42H23BBr4Cl3N3O3U. The molecule has 0 saturated heterocycles. The number of rotatable bonds is 0. The molecule has 0 N–H and O–H groups in total. The van der Waals surface area contributed by atoms with Crippen LogP contribution in [0.5, 0.6) is 0 Å². The van der Waals surface area contributed by atoms with Crippen molar-refractivity contribution in [3.63, 3.8) is 0 Å². The molecule has 3 heterocycles. The zero-order chi connectivity index (χ0) is 41.0. The number of carbonyl (C=O) groups is 1. The Kier molecular flexibility index (Phi) is 15.2. The first-order chi connectivity index (χ1) is 27.4. The Bertz CT molecular complexity index is 2990. The molecule has 2 atom stereocenters. The minimum Gasteiger partial charge on any atom is -0.287 e. The van der Waals surface area contributed by atoms with Crippen molar-refractivity contribution >= 4 is 156 Å². The number of carbonyl (C=O) groups excluding carboxylic acids is 1. The van der Waals surface area contributed by atoms with Gasteiger partial charge >= 0.3 is 0 Å². The zero-order valence-electron chi connectivity index (χ0n) is 30.0. The second-order valence-electron chi connectivity index (χ2n) is 12.2. The molecule has 0 fully saturated rings. The molecule has 6 nitrogen and oxygen atoms in total. The van der Waals surface area contributed by atoms with E-state index in [-0.39, 0.29) is 57.4 Å². The third-order valence-electron chi connectivity index (χ3n) is 8.80. The van der Waals surface area contributed by atoms with Crippen molar-refractivity contribution in [2.45, 2.75) is 9.65 Å². The molecular weight excluding hydrogens is 1270 g/mol. The monoisotopic (exact) mass is 1290 g/mol. The van der Waals surface area contributed by atoms with Crippen molar-refractivity contribution in [3.05, 3.63) is 189 Å². The van der Waals surface area contributed by atoms with Crippen LogP contribution in [0.3, 0.4) is 0 Å². The van der Waals surface area contributed by atoms with Crippen molar-refractivity contribution in [2.75, 3.05) is 0 Å². The van der Waals surface area contributed by atoms with E-state index in [0.717, 1.165) is 41.6 Å². The van der Waals surface area contributed by atoms with Crippen molar-refractivity contribution in [1.82, 2.24) is 15.0 Å². The second-order valence-corrected chi connectivity index (χ2v) is 17.2. The molecule has 0 spiro atoms. The first kappa shape index (κ1) is 44.1. The van der Waals surface area contributed by atoms with Crippen LogP contribution in [0.15, 0.2) is 140 Å². The van der Waals surface area contributed by atoms with Gasteiger partial charge in [-0.2, -0.15) is 0 Å². The Labute approximate surface area is 402 Å². The van der Waals surface area contributed by atoms with E-state index in [4.69, 9.17) is 36.1 Å². The Hall–Kier alpha value is -2.49. The molecule has 0 amide bonds. The number of hydrogen-bond acceptors (Lipinski definition) is 6. The predicted molar refractivity (Wildman–Crippen MR) is 246 cm³/mol. The van der Waals surface area contributed by atoms with Crippen LogP contribution in [0, 0.1) is 31.1 Å². The topological polar surface area (TPSA) is 89.9 Å². The standard InChI is InChI=1S/C14H8Br2ClNO.2C14H7BrClNO.BH.U/c15-11-9-2-1-5-18-13(9)14(19)8-4-3-7(17)6-10(8)12(11)16;15-12-7-8-6-9(16)3-4-10(8)14(18)13-11(12)2-1-5-17-13;15-12-6-8-2-1-5-17-13(8)14(18)10-4-3-9(16)7-11(10)12;;/h1-6,11-12H;2*1-7H;1H;/i;;;1D;. The van der Waals surface area contributed by atoms with Crippen LogP contribution in [0.25, 0.3) is 43.4 Å². The van der Waals surface area contributed by atoms with E-state index in [0.29, 0.717) is 48.1 Å². The Morgan fingerprint density at radius 2 is 1.09 bits per heavy atom. The van der Waals surface area contributed by atoms with Gasteiger partial charge in [0.25, 0.3) is 0 Å². The van der Waals surface area contributed by atoms with Gasteiger partial charge in [0.1, 0.15) is 16.7 Å². The molecule has 5 aromatic carbocycles. The van der Waals surface area contributed by atoms with Crippen molar-refractivity contribution in [2.24, 2.45) is 0 Å². The van der Waals surface area contributed by atoms with Gasteiger partial charge < -0.3 is 0 Å². The summed E-state index contributed by atoms with van der Waals surface area (Å²) in [6.45, 7) is 0. The zero-order valence-corrected chi connectivity index (χ0v) is 41.8. The Morgan fingerprint density at radius 3 is 1.84 bits per heavy atom. The van der Waals surface area contributed by atoms with Crippen LogP contribution in [0.1, 0.15) is 36.8 Å². The van der Waals surface area contributed by atoms with Gasteiger partial charge in [-0.1, -0.05) is 111 Å². The fourth-order valence-electron chi connectivity index (χ4n) is 6.20. The van der Waals surface area contributed by atoms with E-state index in [1.807, 2.05) is 54.6 Å². The van der Waals surface area contributed by atoms with E-state index in [1.165, 1.54) is 0 Å². The number of halogens is 7. The molecule has 3 aromatic heterocycles. The van der Waals surface area contributed by atoms with Gasteiger partial charge in [0.2, 0.25) is 16.6 Å². The number of benzene rings is 3. The van der Waals surface area contributed by atoms with Crippen LogP contribution in [0.4, 0.5) is 0 Å². The SMILES string of the molecule is O=C1c2ccc(Cl)cc2C(Br)C(Br)c2cccnc21.O=c1c2ccc(Cl)cc2c(Br)cc2cccnc12.O=c1c2ccc(Cl)cc2cc(Br)c2cccnc12.[2H][B].[U]. The van der Waals surface area contributed by atoms with Gasteiger partial charge in [-0.05, 0) is 109 Å². The smallest absolute Gasteiger partial charge is 0.212 e. The average molecular weight is 1290 g/mol. The van der Waals surface area contributed by atoms with Gasteiger partial charge in [-0.3, -0.25) is 29.3 Å². The number of aromatic nitrogens is 3. The fourth-order valence-corrected chi connectivity index (χ4v) is 9.19. The molecule has 280 valence electrons. The maximum Gasteiger partial charge on any atom is 0.212 e. The van der Waals surface area contributed by atoms with E-state index in [2.05, 4.69) is 87.0 Å². The largest absolute Gasteiger partial charge is 0.287 e. The Balaban J connectivity index is 0.000000161. The number of hydrogen-bond donors (Lipinski definition) is 0. The fraction of sp³-hybridized carbons (Fsp3) is 0.0476. The molecule has 9 rings (SSSR count). The molecule has 0 aliphatic heterocycles. The summed E-state index contributed by atoms with van der Waals surface area (Å²) in [5.74, 6) is -0.0614. The van der Waals surface area contributed by atoms with E-state index in [9.17, 15) is 14.4 Å². The van der Waals surface area contributed by atoms with Crippen LogP contribution < -0.4 is 10.9 Å². The third kappa shape index (κ3) is 9.61. The van der Waals surface area contributed by atoms with Crippen LogP contribution in [0.2, 0.25) is 15.1 Å². The molecule has 2 unspecified atom stereocenters. The van der Waals surface area contributed by atoms with Crippen LogP contribution in [-0.2, 0) is 0 Å². The summed E-state index contributed by atoms with van der Waals surface area (Å²) in [6, 6.07) is 30.7. The summed E-state index contributed by atoms with van der Waals surface area (Å²) in [7, 11) is 3.75. The van der Waals surface area contributed by atoms with Gasteiger partial charge in [-0.25, -0.2) is 0 Å². The number of alkyl halides is 2. The molecule has 1 aliphatic rings. The number of fused-ring (bicyclic) bond motifs is 6. The van der Waals surface area contributed by atoms with Gasteiger partial charge in [0, 0.05) is 115 Å². The van der Waals surface area contributed by atoms with E-state index in [1.54, 1.807) is 67.1 Å². The van der Waals surface area contributed by atoms with Crippen molar-refractivity contribution < 1.29 is 35.9 Å². The number of ketones is 1. The molecule has 1 aliphatic carbocycles. The maximum atomic E-state index is 12.6. The Morgan fingerprint density at radius 1 is 0.544 bits per heavy atom. The average Bonchev–Trinajstić information content (AvgIpc) is 3.44. The molecule has 0 saturated carbocycles. The summed E-state index contributed by atoms with van der Waals surface area (Å²) < 4.78 is 6.92. The first-order valence-electron chi connectivity index (χ1n) is 16.9. The molecule has 2 radical (unpaired) electrons. The normalized spacial score (nSPS) is 14.2. The summed E-state index contributed by atoms with van der Waals surface area (Å²) in [6.07, 6.45) is 4.89. The summed E-state index contributed by atoms with van der Waals surface area (Å²) in [4.78, 5) is 50.0. The number of pyridine rings is 3. The third-order valence-corrected chi connectivity index (χ3v) is 13.6. The van der Waals surface area contributed by atoms with Gasteiger partial charge in [0.15, 0.2) is 0 Å². The maximum absolute atomic E-state index is 12.6.